The van der Waals surface area contributed by atoms with Gasteiger partial charge in [0.25, 0.3) is 0 Å². The number of rotatable bonds is 12. The summed E-state index contributed by atoms with van der Waals surface area (Å²) in [6, 6.07) is 8.08. The smallest absolute Gasteiger partial charge is 0.387 e. The number of aromatic nitrogens is 2. The van der Waals surface area contributed by atoms with Gasteiger partial charge in [0.1, 0.15) is 5.75 Å². The fourth-order valence-corrected chi connectivity index (χ4v) is 5.97. The first-order chi connectivity index (χ1) is 18.8. The van der Waals surface area contributed by atoms with Crippen LogP contribution >= 0.6 is 11.3 Å². The number of carbonyl (C=O) groups is 2. The second-order valence-corrected chi connectivity index (χ2v) is 10.3. The highest BCUT2D eigenvalue weighted by atomic mass is 32.1. The Hall–Kier alpha value is -3.60. The molecule has 0 saturated heterocycles. The average molecular weight is 560 g/mol. The third kappa shape index (κ3) is 7.08. The van der Waals surface area contributed by atoms with Crippen LogP contribution in [0, 0.1) is 11.8 Å². The van der Waals surface area contributed by atoms with Crippen molar-refractivity contribution in [1.82, 2.24) is 9.97 Å². The normalized spacial score (nSPS) is 14.4. The molecule has 1 N–H and O–H groups in total. The number of benzene rings is 1. The summed E-state index contributed by atoms with van der Waals surface area (Å²) in [5, 5.41) is 11.6. The van der Waals surface area contributed by atoms with Crippen LogP contribution in [0.3, 0.4) is 0 Å². The van der Waals surface area contributed by atoms with Gasteiger partial charge in [0, 0.05) is 41.2 Å². The molecule has 8 nitrogen and oxygen atoms in total. The highest BCUT2D eigenvalue weighted by Crippen LogP contribution is 2.38. The summed E-state index contributed by atoms with van der Waals surface area (Å²) >= 11 is 1.24. The molecule has 1 aromatic carbocycles. The molecule has 1 amide bonds. The molecule has 0 radical (unpaired) electrons. The zero-order valence-electron chi connectivity index (χ0n) is 21.8. The first-order valence-corrected chi connectivity index (χ1v) is 13.7. The molecular weight excluding hydrogens is 528 g/mol. The van der Waals surface area contributed by atoms with Crippen LogP contribution in [-0.2, 0) is 9.59 Å². The van der Waals surface area contributed by atoms with Gasteiger partial charge in [-0.05, 0) is 49.1 Å². The monoisotopic (exact) mass is 559 g/mol. The summed E-state index contributed by atoms with van der Waals surface area (Å²) < 4.78 is 35.7. The number of thiazole rings is 1. The van der Waals surface area contributed by atoms with Crippen molar-refractivity contribution in [3.63, 3.8) is 0 Å². The van der Waals surface area contributed by atoms with E-state index in [1.165, 1.54) is 35.5 Å². The third-order valence-electron chi connectivity index (χ3n) is 6.92. The number of carboxylic acids is 1. The van der Waals surface area contributed by atoms with Crippen LogP contribution in [0.25, 0.3) is 22.4 Å². The molecule has 1 fully saturated rings. The number of pyridine rings is 1. The lowest BCUT2D eigenvalue weighted by molar-refractivity contribution is -0.140. The first-order valence-electron chi connectivity index (χ1n) is 12.9. The first kappa shape index (κ1) is 28.4. The number of carboxylic acid groups (broad SMARTS) is 1. The van der Waals surface area contributed by atoms with Gasteiger partial charge in [0.15, 0.2) is 5.13 Å². The largest absolute Gasteiger partial charge is 0.481 e. The van der Waals surface area contributed by atoms with Gasteiger partial charge in [-0.15, -0.1) is 11.3 Å². The van der Waals surface area contributed by atoms with Gasteiger partial charge in [-0.25, -0.2) is 9.97 Å². The van der Waals surface area contributed by atoms with Crippen molar-refractivity contribution in [2.24, 2.45) is 11.8 Å². The van der Waals surface area contributed by atoms with E-state index in [0.29, 0.717) is 52.3 Å². The van der Waals surface area contributed by atoms with E-state index in [2.05, 4.69) is 9.72 Å². The number of nitrogens with zero attached hydrogens (tertiary/aromatic N) is 3. The minimum atomic E-state index is -2.99. The van der Waals surface area contributed by atoms with E-state index in [4.69, 9.17) is 9.72 Å². The summed E-state index contributed by atoms with van der Waals surface area (Å²) in [5.74, 6) is -1.15. The summed E-state index contributed by atoms with van der Waals surface area (Å²) in [4.78, 5) is 35.6. The van der Waals surface area contributed by atoms with Crippen molar-refractivity contribution in [2.45, 2.75) is 52.1 Å². The fourth-order valence-electron chi connectivity index (χ4n) is 5.07. The molecule has 2 heterocycles. The van der Waals surface area contributed by atoms with Crippen LogP contribution in [0.15, 0.2) is 41.9 Å². The number of anilines is 1. The third-order valence-corrected chi connectivity index (χ3v) is 7.78. The molecule has 2 aromatic heterocycles. The number of methoxy groups -OCH3 is 1. The van der Waals surface area contributed by atoms with Gasteiger partial charge < -0.3 is 14.6 Å². The Bertz CT molecular complexity index is 1280. The number of ether oxygens (including phenoxy) is 2. The van der Waals surface area contributed by atoms with Crippen molar-refractivity contribution >= 4 is 28.3 Å². The summed E-state index contributed by atoms with van der Waals surface area (Å²) in [7, 11) is 1.51. The van der Waals surface area contributed by atoms with Crippen molar-refractivity contribution in [2.75, 3.05) is 18.6 Å². The van der Waals surface area contributed by atoms with E-state index in [0.717, 1.165) is 25.7 Å². The molecule has 11 heteroatoms. The minimum absolute atomic E-state index is 0.0266. The van der Waals surface area contributed by atoms with Gasteiger partial charge in [-0.3, -0.25) is 14.5 Å². The number of hydrogen-bond acceptors (Lipinski definition) is 7. The maximum atomic E-state index is 13.6. The van der Waals surface area contributed by atoms with Crippen molar-refractivity contribution < 1.29 is 33.0 Å². The molecule has 39 heavy (non-hydrogen) atoms. The Balaban J connectivity index is 1.67. The van der Waals surface area contributed by atoms with Gasteiger partial charge >= 0.3 is 12.6 Å². The molecule has 1 saturated carbocycles. The average Bonchev–Trinajstić information content (AvgIpc) is 3.61. The van der Waals surface area contributed by atoms with E-state index in [1.54, 1.807) is 29.8 Å². The van der Waals surface area contributed by atoms with Crippen LogP contribution in [0.1, 0.15) is 45.4 Å². The number of carbonyl (C=O) groups excluding carboxylic acids is 1. The quantitative estimate of drug-likeness (QED) is 0.270. The van der Waals surface area contributed by atoms with Crippen LogP contribution < -0.4 is 14.4 Å². The molecule has 0 bridgehead atoms. The Morgan fingerprint density at radius 2 is 1.95 bits per heavy atom. The molecule has 3 aromatic rings. The Labute approximate surface area is 229 Å². The number of aliphatic carboxylic acids is 1. The molecular formula is C28H31F2N3O5S. The maximum Gasteiger partial charge on any atom is 0.387 e. The van der Waals surface area contributed by atoms with E-state index in [1.807, 2.05) is 6.92 Å². The summed E-state index contributed by atoms with van der Waals surface area (Å²) in [6.45, 7) is -0.856. The summed E-state index contributed by atoms with van der Waals surface area (Å²) in [5.41, 5.74) is 2.39. The van der Waals surface area contributed by atoms with Gasteiger partial charge in [0.05, 0.1) is 19.2 Å². The van der Waals surface area contributed by atoms with Gasteiger partial charge in [-0.2, -0.15) is 8.78 Å². The predicted molar refractivity (Wildman–Crippen MR) is 144 cm³/mol. The Morgan fingerprint density at radius 1 is 1.18 bits per heavy atom. The minimum Gasteiger partial charge on any atom is -0.481 e. The molecule has 0 spiro atoms. The topological polar surface area (TPSA) is 102 Å². The van der Waals surface area contributed by atoms with E-state index >= 15 is 0 Å². The molecule has 1 aliphatic carbocycles. The van der Waals surface area contributed by atoms with E-state index in [9.17, 15) is 23.5 Å². The maximum absolute atomic E-state index is 13.6. The zero-order chi connectivity index (χ0) is 27.9. The number of alkyl halides is 2. The highest BCUT2D eigenvalue weighted by molar-refractivity contribution is 7.14. The lowest BCUT2D eigenvalue weighted by atomic mass is 9.90. The van der Waals surface area contributed by atoms with E-state index < -0.39 is 18.5 Å². The lowest BCUT2D eigenvalue weighted by Gasteiger charge is -2.25. The molecule has 208 valence electrons. The highest BCUT2D eigenvalue weighted by Gasteiger charge is 2.31. The molecule has 1 atom stereocenters. The van der Waals surface area contributed by atoms with Crippen molar-refractivity contribution in [3.8, 4) is 34.0 Å². The second-order valence-electron chi connectivity index (χ2n) is 9.45. The van der Waals surface area contributed by atoms with Crippen molar-refractivity contribution in [1.29, 1.82) is 0 Å². The standard InChI is InChI=1S/C28H31F2N3O5S/c1-3-33(26(36)19(13-25(34)35)12-17-6-4-5-7-17)28-32-23(16-39-28)22-14-20(38-27(29)30)9-10-21(22)18-8-11-24(37-2)31-15-18/h8-11,14-17,19,27H,3-7,12-13H2,1-2H3,(H,34,35)/t19-/m1/s1. The van der Waals surface area contributed by atoms with Gasteiger partial charge in [-0.1, -0.05) is 25.7 Å². The molecule has 4 rings (SSSR count). The lowest BCUT2D eigenvalue weighted by Crippen LogP contribution is -2.37. The number of halogens is 2. The molecule has 0 aliphatic heterocycles. The number of hydrogen-bond donors (Lipinski definition) is 1. The van der Waals surface area contributed by atoms with Crippen LogP contribution in [0.5, 0.6) is 11.6 Å². The Morgan fingerprint density at radius 3 is 2.56 bits per heavy atom. The van der Waals surface area contributed by atoms with E-state index in [-0.39, 0.29) is 18.1 Å². The molecule has 1 aliphatic rings. The van der Waals surface area contributed by atoms with Gasteiger partial charge in [0.2, 0.25) is 11.8 Å². The van der Waals surface area contributed by atoms with Crippen LogP contribution in [0.2, 0.25) is 0 Å². The van der Waals surface area contributed by atoms with Crippen molar-refractivity contribution in [3.05, 3.63) is 41.9 Å². The predicted octanol–water partition coefficient (Wildman–Crippen LogP) is 6.51. The Kier molecular flexibility index (Phi) is 9.45. The fraction of sp³-hybridized carbons (Fsp3) is 0.429. The SMILES string of the molecule is CCN(C(=O)[C@@H](CC(=O)O)CC1CCCC1)c1nc(-c2cc(OC(F)F)ccc2-c2ccc(OC)nc2)cs1. The van der Waals surface area contributed by atoms with Crippen LogP contribution in [-0.4, -0.2) is 47.2 Å². The number of amides is 1. The zero-order valence-corrected chi connectivity index (χ0v) is 22.6. The second kappa shape index (κ2) is 13.0. The van der Waals surface area contributed by atoms with Crippen LogP contribution in [0.4, 0.5) is 13.9 Å². The summed E-state index contributed by atoms with van der Waals surface area (Å²) in [6.07, 6.45) is 6.15. The molecule has 0 unspecified atom stereocenters.